The number of nitrogens with zero attached hydrogens (tertiary/aromatic N) is 3. The minimum Gasteiger partial charge on any atom is -0.359 e. The Morgan fingerprint density at radius 3 is 2.60 bits per heavy atom. The van der Waals surface area contributed by atoms with Crippen molar-refractivity contribution in [2.75, 3.05) is 0 Å². The first-order chi connectivity index (χ1) is 9.26. The van der Waals surface area contributed by atoms with Gasteiger partial charge in [-0.15, -0.1) is 0 Å². The number of halogens is 1. The molecule has 0 aliphatic carbocycles. The van der Waals surface area contributed by atoms with Crippen LogP contribution in [-0.4, -0.2) is 20.5 Å². The highest BCUT2D eigenvalue weighted by atomic mass is 35.5. The molecule has 0 aliphatic rings. The molecule has 0 amide bonds. The normalized spacial score (nSPS) is 12.1. The van der Waals surface area contributed by atoms with E-state index in [0.717, 1.165) is 22.8 Å². The standard InChI is InChI=1S/C14H21ClN4O/c1-9-13(15)10(2)19(17-9)8-12-6-11(18-20-12)7-16-14(3,4)5/h6,16H,7-8H2,1-5H3. The fourth-order valence-electron chi connectivity index (χ4n) is 1.85. The molecule has 0 saturated carbocycles. The van der Waals surface area contributed by atoms with Gasteiger partial charge in [-0.2, -0.15) is 5.10 Å². The summed E-state index contributed by atoms with van der Waals surface area (Å²) in [4.78, 5) is 0. The zero-order valence-electron chi connectivity index (χ0n) is 12.6. The first kappa shape index (κ1) is 15.1. The fourth-order valence-corrected chi connectivity index (χ4v) is 1.98. The Labute approximate surface area is 124 Å². The molecule has 110 valence electrons. The molecular formula is C14H21ClN4O. The van der Waals surface area contributed by atoms with Crippen molar-refractivity contribution in [3.05, 3.63) is 33.9 Å². The summed E-state index contributed by atoms with van der Waals surface area (Å²) in [5.41, 5.74) is 2.72. The Morgan fingerprint density at radius 1 is 1.35 bits per heavy atom. The van der Waals surface area contributed by atoms with Crippen LogP contribution in [0.3, 0.4) is 0 Å². The Hall–Kier alpha value is -1.33. The minimum atomic E-state index is 0.0579. The van der Waals surface area contributed by atoms with Crippen LogP contribution in [0.4, 0.5) is 0 Å². The Balaban J connectivity index is 2.04. The van der Waals surface area contributed by atoms with Crippen molar-refractivity contribution in [2.45, 2.75) is 53.2 Å². The largest absolute Gasteiger partial charge is 0.359 e. The van der Waals surface area contributed by atoms with Crippen molar-refractivity contribution < 1.29 is 4.52 Å². The third kappa shape index (κ3) is 3.61. The predicted molar refractivity (Wildman–Crippen MR) is 78.9 cm³/mol. The Bertz CT molecular complexity index is 595. The van der Waals surface area contributed by atoms with Gasteiger partial charge < -0.3 is 9.84 Å². The van der Waals surface area contributed by atoms with E-state index >= 15 is 0 Å². The summed E-state index contributed by atoms with van der Waals surface area (Å²) in [7, 11) is 0. The molecular weight excluding hydrogens is 276 g/mol. The molecule has 6 heteroatoms. The molecule has 0 aliphatic heterocycles. The van der Waals surface area contributed by atoms with E-state index in [4.69, 9.17) is 16.1 Å². The smallest absolute Gasteiger partial charge is 0.158 e. The molecule has 0 fully saturated rings. The fraction of sp³-hybridized carbons (Fsp3) is 0.571. The van der Waals surface area contributed by atoms with Gasteiger partial charge in [-0.3, -0.25) is 4.68 Å². The molecule has 0 bridgehead atoms. The summed E-state index contributed by atoms with van der Waals surface area (Å²) >= 11 is 6.13. The van der Waals surface area contributed by atoms with Crippen LogP contribution in [0.5, 0.6) is 0 Å². The van der Waals surface area contributed by atoms with Crippen LogP contribution >= 0.6 is 11.6 Å². The molecule has 5 nitrogen and oxygen atoms in total. The van der Waals surface area contributed by atoms with Crippen LogP contribution in [0.2, 0.25) is 5.02 Å². The van der Waals surface area contributed by atoms with Crippen LogP contribution in [-0.2, 0) is 13.1 Å². The van der Waals surface area contributed by atoms with E-state index in [1.807, 2.05) is 24.6 Å². The van der Waals surface area contributed by atoms with Crippen molar-refractivity contribution in [3.8, 4) is 0 Å². The molecule has 0 atom stereocenters. The SMILES string of the molecule is Cc1nn(Cc2cc(CNC(C)(C)C)no2)c(C)c1Cl. The van der Waals surface area contributed by atoms with Crippen molar-refractivity contribution in [3.63, 3.8) is 0 Å². The highest BCUT2D eigenvalue weighted by Crippen LogP contribution is 2.20. The lowest BCUT2D eigenvalue weighted by molar-refractivity contribution is 0.356. The molecule has 2 heterocycles. The van der Waals surface area contributed by atoms with Gasteiger partial charge in [-0.05, 0) is 34.6 Å². The van der Waals surface area contributed by atoms with Gasteiger partial charge in [-0.25, -0.2) is 0 Å². The van der Waals surface area contributed by atoms with Gasteiger partial charge in [0, 0.05) is 18.2 Å². The van der Waals surface area contributed by atoms with Crippen LogP contribution in [0.25, 0.3) is 0 Å². The number of rotatable bonds is 4. The maximum absolute atomic E-state index is 6.13. The second-order valence-electron chi connectivity index (χ2n) is 6.03. The Kier molecular flexibility index (Phi) is 4.20. The zero-order chi connectivity index (χ0) is 14.9. The third-order valence-corrected chi connectivity index (χ3v) is 3.55. The maximum Gasteiger partial charge on any atom is 0.158 e. The third-order valence-electron chi connectivity index (χ3n) is 3.01. The lowest BCUT2D eigenvalue weighted by Gasteiger charge is -2.19. The molecule has 2 aromatic heterocycles. The van der Waals surface area contributed by atoms with Gasteiger partial charge in [-0.1, -0.05) is 16.8 Å². The van der Waals surface area contributed by atoms with Crippen molar-refractivity contribution in [1.29, 1.82) is 0 Å². The van der Waals surface area contributed by atoms with Crippen LogP contribution in [0.15, 0.2) is 10.6 Å². The molecule has 0 saturated heterocycles. The maximum atomic E-state index is 6.13. The van der Waals surface area contributed by atoms with E-state index in [1.54, 1.807) is 0 Å². The molecule has 20 heavy (non-hydrogen) atoms. The summed E-state index contributed by atoms with van der Waals surface area (Å²) < 4.78 is 7.18. The van der Waals surface area contributed by atoms with Gasteiger partial charge in [0.15, 0.2) is 5.76 Å². The average molecular weight is 297 g/mol. The first-order valence-electron chi connectivity index (χ1n) is 6.65. The molecule has 0 aromatic carbocycles. The average Bonchev–Trinajstić information content (AvgIpc) is 2.88. The second-order valence-corrected chi connectivity index (χ2v) is 6.41. The van der Waals surface area contributed by atoms with Gasteiger partial charge in [0.05, 0.1) is 22.1 Å². The molecule has 1 N–H and O–H groups in total. The van der Waals surface area contributed by atoms with Crippen molar-refractivity contribution in [2.24, 2.45) is 0 Å². The lowest BCUT2D eigenvalue weighted by atomic mass is 10.1. The summed E-state index contributed by atoms with van der Waals surface area (Å²) in [5, 5.41) is 12.5. The molecule has 0 radical (unpaired) electrons. The summed E-state index contributed by atoms with van der Waals surface area (Å²) in [6.07, 6.45) is 0. The number of aryl methyl sites for hydroxylation is 1. The quantitative estimate of drug-likeness (QED) is 0.942. The summed E-state index contributed by atoms with van der Waals surface area (Å²) in [5.74, 6) is 0.776. The monoisotopic (exact) mass is 296 g/mol. The van der Waals surface area contributed by atoms with E-state index in [1.165, 1.54) is 0 Å². The summed E-state index contributed by atoms with van der Waals surface area (Å²) in [6.45, 7) is 11.4. The van der Waals surface area contributed by atoms with E-state index in [2.05, 4.69) is 36.3 Å². The van der Waals surface area contributed by atoms with Crippen molar-refractivity contribution >= 4 is 11.6 Å². The number of hydrogen-bond donors (Lipinski definition) is 1. The van der Waals surface area contributed by atoms with Gasteiger partial charge in [0.25, 0.3) is 0 Å². The highest BCUT2D eigenvalue weighted by molar-refractivity contribution is 6.31. The molecule has 0 spiro atoms. The van der Waals surface area contributed by atoms with Crippen LogP contribution < -0.4 is 5.32 Å². The van der Waals surface area contributed by atoms with Crippen molar-refractivity contribution in [1.82, 2.24) is 20.3 Å². The van der Waals surface area contributed by atoms with Crippen LogP contribution in [0.1, 0.15) is 43.6 Å². The van der Waals surface area contributed by atoms with E-state index in [-0.39, 0.29) is 5.54 Å². The topological polar surface area (TPSA) is 55.9 Å². The highest BCUT2D eigenvalue weighted by Gasteiger charge is 2.13. The van der Waals surface area contributed by atoms with E-state index in [9.17, 15) is 0 Å². The summed E-state index contributed by atoms with van der Waals surface area (Å²) in [6, 6.07) is 1.95. The predicted octanol–water partition coefficient (Wildman–Crippen LogP) is 3.08. The molecule has 0 unspecified atom stereocenters. The van der Waals surface area contributed by atoms with Gasteiger partial charge >= 0.3 is 0 Å². The first-order valence-corrected chi connectivity index (χ1v) is 7.03. The molecule has 2 rings (SSSR count). The lowest BCUT2D eigenvalue weighted by Crippen LogP contribution is -2.35. The number of nitrogens with one attached hydrogen (secondary N) is 1. The van der Waals surface area contributed by atoms with Crippen LogP contribution in [0, 0.1) is 13.8 Å². The van der Waals surface area contributed by atoms with E-state index < -0.39 is 0 Å². The number of aromatic nitrogens is 3. The minimum absolute atomic E-state index is 0.0579. The molecule has 2 aromatic rings. The van der Waals surface area contributed by atoms with Gasteiger partial charge in [0.1, 0.15) is 6.54 Å². The van der Waals surface area contributed by atoms with Gasteiger partial charge in [0.2, 0.25) is 0 Å². The zero-order valence-corrected chi connectivity index (χ0v) is 13.4. The Morgan fingerprint density at radius 2 is 2.05 bits per heavy atom. The second kappa shape index (κ2) is 5.58. The van der Waals surface area contributed by atoms with E-state index in [0.29, 0.717) is 18.1 Å². The number of hydrogen-bond acceptors (Lipinski definition) is 4.